The van der Waals surface area contributed by atoms with Crippen molar-refractivity contribution in [3.05, 3.63) is 54.1 Å². The molecule has 0 N–H and O–H groups in total. The molecule has 0 saturated carbocycles. The molecule has 0 spiro atoms. The maximum absolute atomic E-state index is 11.6. The molecule has 0 amide bonds. The number of carbonyl (C=O) groups is 1. The lowest BCUT2D eigenvalue weighted by Crippen LogP contribution is -2.06. The molecule has 0 fully saturated rings. The van der Waals surface area contributed by atoms with Gasteiger partial charge in [0.05, 0.1) is 10.9 Å². The number of aldehydes is 1. The third-order valence-corrected chi connectivity index (χ3v) is 5.34. The van der Waals surface area contributed by atoms with E-state index in [4.69, 9.17) is 0 Å². The summed E-state index contributed by atoms with van der Waals surface area (Å²) in [6.45, 7) is 3.06. The summed E-state index contributed by atoms with van der Waals surface area (Å²) in [6.07, 6.45) is 1.08. The number of aryl methyl sites for hydroxylation is 1. The van der Waals surface area contributed by atoms with Crippen LogP contribution >= 0.6 is 11.8 Å². The Hall–Kier alpha value is -2.00. The van der Waals surface area contributed by atoms with E-state index in [0.29, 0.717) is 0 Å². The Morgan fingerprint density at radius 3 is 2.71 bits per heavy atom. The molecular formula is C18H15NOS. The van der Waals surface area contributed by atoms with Gasteiger partial charge in [-0.1, -0.05) is 36.4 Å². The molecule has 0 saturated heterocycles. The lowest BCUT2D eigenvalue weighted by atomic mass is 10.0. The summed E-state index contributed by atoms with van der Waals surface area (Å²) >= 11 is 1.66. The van der Waals surface area contributed by atoms with Gasteiger partial charge in [0.25, 0.3) is 0 Å². The molecule has 1 atom stereocenters. The summed E-state index contributed by atoms with van der Waals surface area (Å²) in [4.78, 5) is 12.8. The van der Waals surface area contributed by atoms with Crippen molar-refractivity contribution in [2.45, 2.75) is 23.6 Å². The Kier molecular flexibility index (Phi) is 2.89. The fourth-order valence-corrected chi connectivity index (χ4v) is 4.43. The Morgan fingerprint density at radius 2 is 1.90 bits per heavy atom. The van der Waals surface area contributed by atoms with Crippen molar-refractivity contribution in [3.63, 3.8) is 0 Å². The number of carbonyl (C=O) groups excluding carboxylic acids is 1. The van der Waals surface area contributed by atoms with Gasteiger partial charge in [0.15, 0.2) is 0 Å². The number of benzene rings is 2. The van der Waals surface area contributed by atoms with Crippen molar-refractivity contribution in [1.82, 2.24) is 4.57 Å². The monoisotopic (exact) mass is 293 g/mol. The SMILES string of the molecule is CCn1c2c(c3ccccc31)C(C=O)Sc1ccccc1-2. The van der Waals surface area contributed by atoms with Gasteiger partial charge in [-0.3, -0.25) is 0 Å². The maximum atomic E-state index is 11.6. The molecule has 21 heavy (non-hydrogen) atoms. The van der Waals surface area contributed by atoms with Crippen LogP contribution in [0.15, 0.2) is 53.4 Å². The molecule has 1 aliphatic heterocycles. The van der Waals surface area contributed by atoms with Gasteiger partial charge in [0.2, 0.25) is 0 Å². The molecule has 3 aromatic rings. The maximum Gasteiger partial charge on any atom is 0.137 e. The largest absolute Gasteiger partial charge is 0.340 e. The first-order valence-corrected chi connectivity index (χ1v) is 8.05. The highest BCUT2D eigenvalue weighted by atomic mass is 32.2. The van der Waals surface area contributed by atoms with E-state index in [0.717, 1.165) is 12.8 Å². The number of nitrogens with zero attached hydrogens (tertiary/aromatic N) is 1. The molecule has 104 valence electrons. The first-order valence-electron chi connectivity index (χ1n) is 7.17. The first kappa shape index (κ1) is 12.7. The number of para-hydroxylation sites is 1. The second kappa shape index (κ2) is 4.78. The van der Waals surface area contributed by atoms with E-state index in [1.807, 2.05) is 6.07 Å². The molecule has 0 bridgehead atoms. The van der Waals surface area contributed by atoms with Crippen LogP contribution in [-0.4, -0.2) is 10.9 Å². The third-order valence-electron chi connectivity index (χ3n) is 4.13. The fraction of sp³-hybridized carbons (Fsp3) is 0.167. The lowest BCUT2D eigenvalue weighted by molar-refractivity contribution is -0.107. The number of fused-ring (bicyclic) bond motifs is 5. The number of rotatable bonds is 2. The predicted octanol–water partition coefficient (Wildman–Crippen LogP) is 4.67. The Balaban J connectivity index is 2.18. The fourth-order valence-electron chi connectivity index (χ4n) is 3.29. The summed E-state index contributed by atoms with van der Waals surface area (Å²) < 4.78 is 2.33. The van der Waals surface area contributed by atoms with Gasteiger partial charge in [-0.05, 0) is 19.1 Å². The molecule has 4 rings (SSSR count). The quantitative estimate of drug-likeness (QED) is 0.640. The average Bonchev–Trinajstić information content (AvgIpc) is 2.89. The number of aromatic nitrogens is 1. The van der Waals surface area contributed by atoms with Gasteiger partial charge in [-0.15, -0.1) is 11.8 Å². The Morgan fingerprint density at radius 1 is 1.14 bits per heavy atom. The molecule has 1 unspecified atom stereocenters. The number of hydrogen-bond donors (Lipinski definition) is 0. The van der Waals surface area contributed by atoms with Gasteiger partial charge in [0.1, 0.15) is 6.29 Å². The minimum absolute atomic E-state index is 0.118. The highest BCUT2D eigenvalue weighted by molar-refractivity contribution is 8.00. The van der Waals surface area contributed by atoms with E-state index < -0.39 is 0 Å². The topological polar surface area (TPSA) is 22.0 Å². The van der Waals surface area contributed by atoms with E-state index >= 15 is 0 Å². The van der Waals surface area contributed by atoms with Gasteiger partial charge in [-0.2, -0.15) is 0 Å². The van der Waals surface area contributed by atoms with Crippen LogP contribution in [0, 0.1) is 0 Å². The molecule has 2 aromatic carbocycles. The van der Waals surface area contributed by atoms with Crippen molar-refractivity contribution >= 4 is 29.0 Å². The molecule has 2 nitrogen and oxygen atoms in total. The van der Waals surface area contributed by atoms with E-state index in [1.54, 1.807) is 11.8 Å². The summed E-state index contributed by atoms with van der Waals surface area (Å²) in [7, 11) is 0. The van der Waals surface area contributed by atoms with Crippen molar-refractivity contribution in [3.8, 4) is 11.3 Å². The molecule has 2 heterocycles. The minimum Gasteiger partial charge on any atom is -0.340 e. The standard InChI is InChI=1S/C18H15NOS/c1-2-19-14-9-5-3-7-12(14)17-16(11-20)21-15-10-6-4-8-13(15)18(17)19/h3-11,16H,2H2,1H3. The van der Waals surface area contributed by atoms with Crippen molar-refractivity contribution in [1.29, 1.82) is 0 Å². The van der Waals surface area contributed by atoms with Crippen LogP contribution in [0.4, 0.5) is 0 Å². The van der Waals surface area contributed by atoms with E-state index in [-0.39, 0.29) is 5.25 Å². The zero-order valence-corrected chi connectivity index (χ0v) is 12.6. The van der Waals surface area contributed by atoms with Crippen molar-refractivity contribution in [2.24, 2.45) is 0 Å². The Bertz CT molecular complexity index is 850. The van der Waals surface area contributed by atoms with Gasteiger partial charge in [-0.25, -0.2) is 0 Å². The van der Waals surface area contributed by atoms with Crippen LogP contribution in [0.3, 0.4) is 0 Å². The molecule has 0 radical (unpaired) electrons. The predicted molar refractivity (Wildman–Crippen MR) is 87.7 cm³/mol. The number of hydrogen-bond acceptors (Lipinski definition) is 2. The number of thioether (sulfide) groups is 1. The van der Waals surface area contributed by atoms with E-state index in [2.05, 4.69) is 54.0 Å². The van der Waals surface area contributed by atoms with Crippen LogP contribution < -0.4 is 0 Å². The smallest absolute Gasteiger partial charge is 0.137 e. The van der Waals surface area contributed by atoms with Gasteiger partial charge >= 0.3 is 0 Å². The zero-order chi connectivity index (χ0) is 14.4. The second-order valence-corrected chi connectivity index (χ2v) is 6.38. The highest BCUT2D eigenvalue weighted by Crippen LogP contribution is 2.51. The van der Waals surface area contributed by atoms with Crippen molar-refractivity contribution < 1.29 is 4.79 Å². The van der Waals surface area contributed by atoms with Crippen LogP contribution in [0.1, 0.15) is 17.7 Å². The molecular weight excluding hydrogens is 278 g/mol. The molecule has 3 heteroatoms. The van der Waals surface area contributed by atoms with Crippen LogP contribution in [0.5, 0.6) is 0 Å². The molecule has 1 aromatic heterocycles. The summed E-state index contributed by atoms with van der Waals surface area (Å²) in [5, 5.41) is 1.08. The summed E-state index contributed by atoms with van der Waals surface area (Å²) in [5.41, 5.74) is 4.85. The van der Waals surface area contributed by atoms with Gasteiger partial charge < -0.3 is 9.36 Å². The van der Waals surface area contributed by atoms with E-state index in [1.165, 1.54) is 32.6 Å². The first-order chi connectivity index (χ1) is 10.3. The summed E-state index contributed by atoms with van der Waals surface area (Å²) in [5.74, 6) is 0. The summed E-state index contributed by atoms with van der Waals surface area (Å²) in [6, 6.07) is 16.8. The van der Waals surface area contributed by atoms with E-state index in [9.17, 15) is 4.79 Å². The molecule has 0 aliphatic carbocycles. The van der Waals surface area contributed by atoms with Gasteiger partial charge in [0, 0.05) is 33.5 Å². The normalized spacial score (nSPS) is 16.5. The van der Waals surface area contributed by atoms with Crippen molar-refractivity contribution in [2.75, 3.05) is 0 Å². The minimum atomic E-state index is -0.118. The van der Waals surface area contributed by atoms with Crippen LogP contribution in [0.2, 0.25) is 0 Å². The Labute approximate surface area is 127 Å². The highest BCUT2D eigenvalue weighted by Gasteiger charge is 2.30. The molecule has 1 aliphatic rings. The van der Waals surface area contributed by atoms with Crippen LogP contribution in [0.25, 0.3) is 22.2 Å². The third kappa shape index (κ3) is 1.70. The zero-order valence-electron chi connectivity index (χ0n) is 11.7. The van der Waals surface area contributed by atoms with Crippen LogP contribution in [-0.2, 0) is 11.3 Å². The average molecular weight is 293 g/mol. The lowest BCUT2D eigenvalue weighted by Gasteiger charge is -2.23. The second-order valence-electron chi connectivity index (χ2n) is 5.19.